The zero-order valence-electron chi connectivity index (χ0n) is 16.5. The van der Waals surface area contributed by atoms with Gasteiger partial charge in [-0.15, -0.1) is 0 Å². The third-order valence-electron chi connectivity index (χ3n) is 5.75. The van der Waals surface area contributed by atoms with Crippen LogP contribution in [-0.4, -0.2) is 47.9 Å². The van der Waals surface area contributed by atoms with Gasteiger partial charge in [0.05, 0.1) is 6.42 Å². The first-order valence-corrected chi connectivity index (χ1v) is 10.7. The van der Waals surface area contributed by atoms with Gasteiger partial charge < -0.3 is 15.1 Å². The topological polar surface area (TPSA) is 52.7 Å². The van der Waals surface area contributed by atoms with Gasteiger partial charge in [0.15, 0.2) is 0 Å². The number of halogens is 1. The van der Waals surface area contributed by atoms with Crippen molar-refractivity contribution in [3.8, 4) is 0 Å². The Balaban J connectivity index is 1.31. The van der Waals surface area contributed by atoms with Crippen LogP contribution < -0.4 is 5.32 Å². The molecule has 1 N–H and O–H groups in total. The van der Waals surface area contributed by atoms with E-state index in [0.717, 1.165) is 24.8 Å². The Morgan fingerprint density at radius 2 is 1.59 bits per heavy atom. The molecule has 1 aliphatic carbocycles. The highest BCUT2D eigenvalue weighted by molar-refractivity contribution is 6.30. The van der Waals surface area contributed by atoms with Crippen molar-refractivity contribution in [2.75, 3.05) is 31.5 Å². The number of hydrogen-bond donors (Lipinski definition) is 1. The summed E-state index contributed by atoms with van der Waals surface area (Å²) in [5.41, 5.74) is 4.64. The van der Waals surface area contributed by atoms with Crippen molar-refractivity contribution >= 4 is 29.2 Å². The van der Waals surface area contributed by atoms with Crippen molar-refractivity contribution in [3.63, 3.8) is 0 Å². The molecular formula is C23H26ClN3O2. The van der Waals surface area contributed by atoms with Gasteiger partial charge in [-0.05, 0) is 66.6 Å². The highest BCUT2D eigenvalue weighted by Gasteiger charge is 2.22. The van der Waals surface area contributed by atoms with Crippen LogP contribution in [0.25, 0.3) is 0 Å². The van der Waals surface area contributed by atoms with Crippen LogP contribution in [0, 0.1) is 0 Å². The van der Waals surface area contributed by atoms with Gasteiger partial charge >= 0.3 is 6.03 Å². The molecule has 152 valence electrons. The van der Waals surface area contributed by atoms with Crippen LogP contribution in [0.3, 0.4) is 0 Å². The lowest BCUT2D eigenvalue weighted by atomic mass is 10.0. The molecule has 6 heteroatoms. The van der Waals surface area contributed by atoms with Gasteiger partial charge in [-0.25, -0.2) is 4.79 Å². The predicted octanol–water partition coefficient (Wildman–Crippen LogP) is 4.14. The average Bonchev–Trinajstić information content (AvgIpc) is 3.03. The van der Waals surface area contributed by atoms with E-state index in [4.69, 9.17) is 11.6 Å². The highest BCUT2D eigenvalue weighted by atomic mass is 35.5. The van der Waals surface area contributed by atoms with Gasteiger partial charge in [-0.1, -0.05) is 29.8 Å². The van der Waals surface area contributed by atoms with Crippen LogP contribution in [0.4, 0.5) is 10.5 Å². The van der Waals surface area contributed by atoms with Crippen molar-refractivity contribution in [2.24, 2.45) is 0 Å². The summed E-state index contributed by atoms with van der Waals surface area (Å²) >= 11 is 5.89. The lowest BCUT2D eigenvalue weighted by molar-refractivity contribution is -0.130. The van der Waals surface area contributed by atoms with Crippen molar-refractivity contribution < 1.29 is 9.59 Å². The van der Waals surface area contributed by atoms with E-state index in [0.29, 0.717) is 43.3 Å². The molecule has 0 spiro atoms. The lowest BCUT2D eigenvalue weighted by Gasteiger charge is -2.22. The number of anilines is 1. The Hall–Kier alpha value is -2.53. The molecule has 2 aliphatic rings. The third-order valence-corrected chi connectivity index (χ3v) is 6.00. The number of carbonyl (C=O) groups is 2. The number of aryl methyl sites for hydroxylation is 2. The third kappa shape index (κ3) is 4.91. The summed E-state index contributed by atoms with van der Waals surface area (Å²) in [5, 5.41) is 3.53. The Kier molecular flexibility index (Phi) is 6.05. The molecule has 2 aromatic carbocycles. The number of urea groups is 1. The quantitative estimate of drug-likeness (QED) is 0.825. The fraction of sp³-hybridized carbons (Fsp3) is 0.391. The van der Waals surface area contributed by atoms with Gasteiger partial charge in [-0.3, -0.25) is 4.79 Å². The number of benzene rings is 2. The summed E-state index contributed by atoms with van der Waals surface area (Å²) in [5.74, 6) is 0.142. The number of hydrogen-bond acceptors (Lipinski definition) is 2. The molecule has 4 rings (SSSR count). The maximum absolute atomic E-state index is 12.8. The monoisotopic (exact) mass is 411 g/mol. The van der Waals surface area contributed by atoms with E-state index in [1.165, 1.54) is 17.5 Å². The van der Waals surface area contributed by atoms with Gasteiger partial charge in [0.1, 0.15) is 0 Å². The largest absolute Gasteiger partial charge is 0.341 e. The molecule has 29 heavy (non-hydrogen) atoms. The SMILES string of the molecule is O=C(Cc1ccc2c(c1)CCC2)N1CCCN(C(=O)Nc2ccc(Cl)cc2)CC1. The molecule has 0 radical (unpaired) electrons. The van der Waals surface area contributed by atoms with Crippen LogP contribution in [-0.2, 0) is 24.1 Å². The molecule has 1 heterocycles. The zero-order valence-corrected chi connectivity index (χ0v) is 17.3. The van der Waals surface area contributed by atoms with Crippen LogP contribution >= 0.6 is 11.6 Å². The number of nitrogens with zero attached hydrogens (tertiary/aromatic N) is 2. The minimum Gasteiger partial charge on any atom is -0.341 e. The molecule has 1 saturated heterocycles. The first-order valence-electron chi connectivity index (χ1n) is 10.3. The van der Waals surface area contributed by atoms with E-state index in [1.807, 2.05) is 4.90 Å². The maximum Gasteiger partial charge on any atom is 0.321 e. The second kappa shape index (κ2) is 8.87. The number of nitrogens with one attached hydrogen (secondary N) is 1. The van der Waals surface area contributed by atoms with Crippen molar-refractivity contribution in [2.45, 2.75) is 32.1 Å². The van der Waals surface area contributed by atoms with E-state index >= 15 is 0 Å². The standard InChI is InChI=1S/C23H26ClN3O2/c24-20-7-9-21(10-8-20)25-23(29)27-12-2-11-26(13-14-27)22(28)16-17-5-6-18-3-1-4-19(18)15-17/h5-10,15H,1-4,11-14,16H2,(H,25,29). The Bertz CT molecular complexity index is 897. The highest BCUT2D eigenvalue weighted by Crippen LogP contribution is 2.23. The van der Waals surface area contributed by atoms with Crippen molar-refractivity contribution in [1.29, 1.82) is 0 Å². The summed E-state index contributed by atoms with van der Waals surface area (Å²) < 4.78 is 0. The normalized spacial score (nSPS) is 16.3. The fourth-order valence-electron chi connectivity index (χ4n) is 4.13. The summed E-state index contributed by atoms with van der Waals surface area (Å²) in [6, 6.07) is 13.4. The van der Waals surface area contributed by atoms with Crippen LogP contribution in [0.5, 0.6) is 0 Å². The van der Waals surface area contributed by atoms with Gasteiger partial charge in [0.2, 0.25) is 5.91 Å². The minimum atomic E-state index is -0.139. The van der Waals surface area contributed by atoms with Crippen LogP contribution in [0.2, 0.25) is 5.02 Å². The Morgan fingerprint density at radius 1 is 0.862 bits per heavy atom. The number of carbonyl (C=O) groups excluding carboxylic acids is 2. The van der Waals surface area contributed by atoms with E-state index in [-0.39, 0.29) is 11.9 Å². The summed E-state index contributed by atoms with van der Waals surface area (Å²) in [6.45, 7) is 2.43. The first kappa shape index (κ1) is 19.8. The Morgan fingerprint density at radius 3 is 2.41 bits per heavy atom. The van der Waals surface area contributed by atoms with E-state index < -0.39 is 0 Å². The molecule has 1 fully saturated rings. The van der Waals surface area contributed by atoms with Gasteiger partial charge in [-0.2, -0.15) is 0 Å². The van der Waals surface area contributed by atoms with Crippen molar-refractivity contribution in [1.82, 2.24) is 9.80 Å². The smallest absolute Gasteiger partial charge is 0.321 e. The average molecular weight is 412 g/mol. The molecule has 1 aliphatic heterocycles. The summed E-state index contributed by atoms with van der Waals surface area (Å²) in [6.07, 6.45) is 4.71. The number of amides is 3. The van der Waals surface area contributed by atoms with Crippen LogP contribution in [0.1, 0.15) is 29.5 Å². The molecule has 0 saturated carbocycles. The minimum absolute atomic E-state index is 0.139. The van der Waals surface area contributed by atoms with Crippen LogP contribution in [0.15, 0.2) is 42.5 Å². The first-order chi connectivity index (χ1) is 14.1. The summed E-state index contributed by atoms with van der Waals surface area (Å²) in [4.78, 5) is 29.0. The van der Waals surface area contributed by atoms with E-state index in [2.05, 4.69) is 23.5 Å². The molecule has 0 unspecified atom stereocenters. The summed E-state index contributed by atoms with van der Waals surface area (Å²) in [7, 11) is 0. The molecule has 0 aromatic heterocycles. The number of rotatable bonds is 3. The van der Waals surface area contributed by atoms with E-state index in [1.54, 1.807) is 29.2 Å². The second-order valence-electron chi connectivity index (χ2n) is 7.79. The Labute approximate surface area is 176 Å². The molecule has 3 amide bonds. The lowest BCUT2D eigenvalue weighted by Crippen LogP contribution is -2.39. The zero-order chi connectivity index (χ0) is 20.2. The predicted molar refractivity (Wildman–Crippen MR) is 115 cm³/mol. The van der Waals surface area contributed by atoms with Crippen molar-refractivity contribution in [3.05, 3.63) is 64.2 Å². The fourth-order valence-corrected chi connectivity index (χ4v) is 4.25. The van der Waals surface area contributed by atoms with Gasteiger partial charge in [0, 0.05) is 36.9 Å². The van der Waals surface area contributed by atoms with Gasteiger partial charge in [0.25, 0.3) is 0 Å². The number of fused-ring (bicyclic) bond motifs is 1. The molecular weight excluding hydrogens is 386 g/mol. The molecule has 0 atom stereocenters. The molecule has 0 bridgehead atoms. The second-order valence-corrected chi connectivity index (χ2v) is 8.23. The van der Waals surface area contributed by atoms with E-state index in [9.17, 15) is 9.59 Å². The molecule has 2 aromatic rings. The molecule has 5 nitrogen and oxygen atoms in total. The maximum atomic E-state index is 12.8.